The zero-order valence-electron chi connectivity index (χ0n) is 9.66. The summed E-state index contributed by atoms with van der Waals surface area (Å²) < 4.78 is 10.1. The first kappa shape index (κ1) is 12.5. The smallest absolute Gasteiger partial charge is 0.374 e. The van der Waals surface area contributed by atoms with E-state index in [4.69, 9.17) is 9.15 Å². The SMILES string of the molecule is C=CC(C)NCc1ccc(C(=O)OCC)o1. The molecule has 0 fully saturated rings. The minimum absolute atomic E-state index is 0.205. The maximum absolute atomic E-state index is 11.3. The van der Waals surface area contributed by atoms with Crippen LogP contribution in [0.1, 0.15) is 30.2 Å². The molecule has 0 aliphatic rings. The van der Waals surface area contributed by atoms with Gasteiger partial charge in [-0.25, -0.2) is 4.79 Å². The molecule has 0 aliphatic carbocycles. The Morgan fingerprint density at radius 2 is 2.44 bits per heavy atom. The number of hydrogen-bond acceptors (Lipinski definition) is 4. The van der Waals surface area contributed by atoms with Crippen LogP contribution in [0.15, 0.2) is 29.2 Å². The van der Waals surface area contributed by atoms with E-state index in [1.165, 1.54) is 0 Å². The quantitative estimate of drug-likeness (QED) is 0.593. The van der Waals surface area contributed by atoms with E-state index in [0.717, 1.165) is 0 Å². The third-order valence-electron chi connectivity index (χ3n) is 2.09. The van der Waals surface area contributed by atoms with Gasteiger partial charge in [0.05, 0.1) is 13.2 Å². The van der Waals surface area contributed by atoms with Gasteiger partial charge < -0.3 is 14.5 Å². The second-order valence-electron chi connectivity index (χ2n) is 3.39. The van der Waals surface area contributed by atoms with Crippen molar-refractivity contribution in [2.24, 2.45) is 0 Å². The van der Waals surface area contributed by atoms with Crippen LogP contribution in [0, 0.1) is 0 Å². The fraction of sp³-hybridized carbons (Fsp3) is 0.417. The Hall–Kier alpha value is -1.55. The Kier molecular flexibility index (Phi) is 4.79. The van der Waals surface area contributed by atoms with Gasteiger partial charge >= 0.3 is 5.97 Å². The van der Waals surface area contributed by atoms with Crippen molar-refractivity contribution < 1.29 is 13.9 Å². The molecule has 16 heavy (non-hydrogen) atoms. The molecule has 0 spiro atoms. The fourth-order valence-corrected chi connectivity index (χ4v) is 1.13. The number of ether oxygens (including phenoxy) is 1. The van der Waals surface area contributed by atoms with Crippen LogP contribution in [0.4, 0.5) is 0 Å². The Bertz CT molecular complexity index is 357. The van der Waals surface area contributed by atoms with Gasteiger partial charge in [0.2, 0.25) is 5.76 Å². The predicted molar refractivity (Wildman–Crippen MR) is 61.2 cm³/mol. The first-order chi connectivity index (χ1) is 7.67. The molecule has 1 aromatic rings. The van der Waals surface area contributed by atoms with E-state index < -0.39 is 5.97 Å². The van der Waals surface area contributed by atoms with Crippen LogP contribution >= 0.6 is 0 Å². The van der Waals surface area contributed by atoms with Gasteiger partial charge in [-0.2, -0.15) is 0 Å². The number of esters is 1. The lowest BCUT2D eigenvalue weighted by Gasteiger charge is -2.06. The topological polar surface area (TPSA) is 51.5 Å². The van der Waals surface area contributed by atoms with Crippen molar-refractivity contribution in [3.8, 4) is 0 Å². The largest absolute Gasteiger partial charge is 0.460 e. The molecule has 0 radical (unpaired) electrons. The highest BCUT2D eigenvalue weighted by Gasteiger charge is 2.11. The van der Waals surface area contributed by atoms with Crippen LogP contribution in [0.3, 0.4) is 0 Å². The van der Waals surface area contributed by atoms with Crippen molar-refractivity contribution in [3.63, 3.8) is 0 Å². The molecule has 1 rings (SSSR count). The van der Waals surface area contributed by atoms with E-state index in [9.17, 15) is 4.79 Å². The van der Waals surface area contributed by atoms with Crippen molar-refractivity contribution in [1.82, 2.24) is 5.32 Å². The number of furan rings is 1. The molecular formula is C12H17NO3. The minimum atomic E-state index is -0.425. The normalized spacial score (nSPS) is 12.1. The summed E-state index contributed by atoms with van der Waals surface area (Å²) in [6.45, 7) is 8.32. The maximum atomic E-state index is 11.3. The van der Waals surface area contributed by atoms with Crippen LogP contribution in [-0.4, -0.2) is 18.6 Å². The molecule has 1 heterocycles. The number of rotatable bonds is 6. The number of nitrogens with one attached hydrogen (secondary N) is 1. The summed E-state index contributed by atoms with van der Waals surface area (Å²) in [5.74, 6) is 0.521. The molecule has 1 atom stereocenters. The van der Waals surface area contributed by atoms with Gasteiger partial charge in [0.25, 0.3) is 0 Å². The summed E-state index contributed by atoms with van der Waals surface area (Å²) in [4.78, 5) is 11.3. The van der Waals surface area contributed by atoms with Crippen LogP contribution in [-0.2, 0) is 11.3 Å². The molecule has 88 valence electrons. The average molecular weight is 223 g/mol. The van der Waals surface area contributed by atoms with Crippen LogP contribution < -0.4 is 5.32 Å². The van der Waals surface area contributed by atoms with E-state index in [0.29, 0.717) is 18.9 Å². The molecule has 0 saturated heterocycles. The molecule has 0 bridgehead atoms. The lowest BCUT2D eigenvalue weighted by molar-refractivity contribution is 0.0488. The summed E-state index contributed by atoms with van der Waals surface area (Å²) in [5, 5.41) is 3.17. The van der Waals surface area contributed by atoms with Gasteiger partial charge in [-0.1, -0.05) is 6.08 Å². The molecule has 0 saturated carbocycles. The summed E-state index contributed by atoms with van der Waals surface area (Å²) >= 11 is 0. The Morgan fingerprint density at radius 1 is 1.69 bits per heavy atom. The minimum Gasteiger partial charge on any atom is -0.460 e. The molecule has 0 amide bonds. The van der Waals surface area contributed by atoms with Crippen molar-refractivity contribution in [2.75, 3.05) is 6.61 Å². The highest BCUT2D eigenvalue weighted by molar-refractivity contribution is 5.86. The molecule has 0 aliphatic heterocycles. The Balaban J connectivity index is 2.51. The third-order valence-corrected chi connectivity index (χ3v) is 2.09. The number of carbonyl (C=O) groups excluding carboxylic acids is 1. The molecule has 4 nitrogen and oxygen atoms in total. The van der Waals surface area contributed by atoms with Gasteiger partial charge in [-0.3, -0.25) is 0 Å². The molecule has 1 aromatic heterocycles. The molecule has 0 aromatic carbocycles. The van der Waals surface area contributed by atoms with E-state index in [-0.39, 0.29) is 11.8 Å². The predicted octanol–water partition coefficient (Wildman–Crippen LogP) is 2.12. The van der Waals surface area contributed by atoms with E-state index in [1.54, 1.807) is 25.1 Å². The zero-order valence-corrected chi connectivity index (χ0v) is 9.66. The lowest BCUT2D eigenvalue weighted by atomic mass is 10.3. The highest BCUT2D eigenvalue weighted by Crippen LogP contribution is 2.09. The molecule has 4 heteroatoms. The summed E-state index contributed by atoms with van der Waals surface area (Å²) in [6.07, 6.45) is 1.80. The summed E-state index contributed by atoms with van der Waals surface area (Å²) in [5.41, 5.74) is 0. The monoisotopic (exact) mass is 223 g/mol. The van der Waals surface area contributed by atoms with Crippen LogP contribution in [0.25, 0.3) is 0 Å². The van der Waals surface area contributed by atoms with Gasteiger partial charge in [0, 0.05) is 6.04 Å². The first-order valence-electron chi connectivity index (χ1n) is 5.29. The van der Waals surface area contributed by atoms with Crippen LogP contribution in [0.5, 0.6) is 0 Å². The number of hydrogen-bond donors (Lipinski definition) is 1. The second-order valence-corrected chi connectivity index (χ2v) is 3.39. The lowest BCUT2D eigenvalue weighted by Crippen LogP contribution is -2.22. The van der Waals surface area contributed by atoms with Gasteiger partial charge in [-0.05, 0) is 26.0 Å². The van der Waals surface area contributed by atoms with E-state index >= 15 is 0 Å². The molecular weight excluding hydrogens is 206 g/mol. The zero-order chi connectivity index (χ0) is 12.0. The summed E-state index contributed by atoms with van der Waals surface area (Å²) in [6, 6.07) is 3.58. The van der Waals surface area contributed by atoms with Crippen molar-refractivity contribution in [3.05, 3.63) is 36.3 Å². The van der Waals surface area contributed by atoms with Gasteiger partial charge in [-0.15, -0.1) is 6.58 Å². The Labute approximate surface area is 95.3 Å². The molecule has 1 unspecified atom stereocenters. The average Bonchev–Trinajstić information content (AvgIpc) is 2.75. The van der Waals surface area contributed by atoms with Gasteiger partial charge in [0.15, 0.2) is 0 Å². The highest BCUT2D eigenvalue weighted by atomic mass is 16.5. The second kappa shape index (κ2) is 6.12. The van der Waals surface area contributed by atoms with E-state index in [1.807, 2.05) is 6.92 Å². The van der Waals surface area contributed by atoms with Crippen LogP contribution in [0.2, 0.25) is 0 Å². The third kappa shape index (κ3) is 3.55. The van der Waals surface area contributed by atoms with E-state index in [2.05, 4.69) is 11.9 Å². The fourth-order valence-electron chi connectivity index (χ4n) is 1.13. The van der Waals surface area contributed by atoms with Crippen molar-refractivity contribution in [1.29, 1.82) is 0 Å². The first-order valence-corrected chi connectivity index (χ1v) is 5.29. The van der Waals surface area contributed by atoms with Crippen molar-refractivity contribution in [2.45, 2.75) is 26.4 Å². The molecule has 1 N–H and O–H groups in total. The van der Waals surface area contributed by atoms with Gasteiger partial charge in [0.1, 0.15) is 5.76 Å². The standard InChI is InChI=1S/C12H17NO3/c1-4-9(3)13-8-10-6-7-11(16-10)12(14)15-5-2/h4,6-7,9,13H,1,5,8H2,2-3H3. The number of carbonyl (C=O) groups is 1. The Morgan fingerprint density at radius 3 is 3.06 bits per heavy atom. The maximum Gasteiger partial charge on any atom is 0.374 e. The van der Waals surface area contributed by atoms with Crippen molar-refractivity contribution >= 4 is 5.97 Å². The summed E-state index contributed by atoms with van der Waals surface area (Å²) in [7, 11) is 0.